The monoisotopic (exact) mass is 348 g/mol. The number of hydrogen-bond acceptors (Lipinski definition) is 4. The van der Waals surface area contributed by atoms with Crippen LogP contribution in [0.25, 0.3) is 0 Å². The summed E-state index contributed by atoms with van der Waals surface area (Å²) >= 11 is 0. The van der Waals surface area contributed by atoms with Gasteiger partial charge in [0.25, 0.3) is 0 Å². The molecule has 0 saturated heterocycles. The lowest BCUT2D eigenvalue weighted by Gasteiger charge is -2.11. The van der Waals surface area contributed by atoms with Gasteiger partial charge in [0, 0.05) is 39.3 Å². The highest BCUT2D eigenvalue weighted by molar-refractivity contribution is 5.79. The SMILES string of the molecule is CCNC(=NCc1nnc2n1CCCCC2)NCCCOCC1CC1. The lowest BCUT2D eigenvalue weighted by Crippen LogP contribution is -2.38. The highest BCUT2D eigenvalue weighted by Gasteiger charge is 2.20. The molecule has 0 radical (unpaired) electrons. The van der Waals surface area contributed by atoms with Gasteiger partial charge in [-0.3, -0.25) is 0 Å². The Labute approximate surface area is 150 Å². The molecule has 0 bridgehead atoms. The molecule has 140 valence electrons. The zero-order valence-corrected chi connectivity index (χ0v) is 15.5. The van der Waals surface area contributed by atoms with E-state index < -0.39 is 0 Å². The van der Waals surface area contributed by atoms with Crippen molar-refractivity contribution >= 4 is 5.96 Å². The van der Waals surface area contributed by atoms with Crippen molar-refractivity contribution in [2.75, 3.05) is 26.3 Å². The van der Waals surface area contributed by atoms with E-state index in [1.54, 1.807) is 0 Å². The van der Waals surface area contributed by atoms with Gasteiger partial charge in [0.15, 0.2) is 11.8 Å². The molecule has 7 nitrogen and oxygen atoms in total. The Morgan fingerprint density at radius 3 is 3.00 bits per heavy atom. The first-order valence-corrected chi connectivity index (χ1v) is 9.87. The number of aryl methyl sites for hydroxylation is 1. The number of ether oxygens (including phenoxy) is 1. The third-order valence-corrected chi connectivity index (χ3v) is 4.72. The van der Waals surface area contributed by atoms with Crippen molar-refractivity contribution in [3.05, 3.63) is 11.6 Å². The molecule has 0 aromatic carbocycles. The summed E-state index contributed by atoms with van der Waals surface area (Å²) in [5, 5.41) is 15.4. The fourth-order valence-corrected chi connectivity index (χ4v) is 3.07. The maximum Gasteiger partial charge on any atom is 0.191 e. The summed E-state index contributed by atoms with van der Waals surface area (Å²) in [5.41, 5.74) is 0. The molecular weight excluding hydrogens is 316 g/mol. The minimum atomic E-state index is 0.570. The average molecular weight is 348 g/mol. The second-order valence-corrected chi connectivity index (χ2v) is 6.99. The van der Waals surface area contributed by atoms with Crippen LogP contribution in [0.1, 0.15) is 57.1 Å². The lowest BCUT2D eigenvalue weighted by atomic mass is 10.2. The molecule has 7 heteroatoms. The maximum absolute atomic E-state index is 5.67. The molecule has 1 aromatic heterocycles. The van der Waals surface area contributed by atoms with E-state index in [9.17, 15) is 0 Å². The van der Waals surface area contributed by atoms with Crippen LogP contribution in [0.15, 0.2) is 4.99 Å². The fraction of sp³-hybridized carbons (Fsp3) is 0.833. The summed E-state index contributed by atoms with van der Waals surface area (Å²) in [6.07, 6.45) is 8.44. The molecule has 1 aliphatic heterocycles. The number of nitrogens with zero attached hydrogens (tertiary/aromatic N) is 4. The Bertz CT molecular complexity index is 552. The number of aromatic nitrogens is 3. The molecule has 25 heavy (non-hydrogen) atoms. The normalized spacial score (nSPS) is 17.9. The summed E-state index contributed by atoms with van der Waals surface area (Å²) in [6.45, 7) is 7.15. The minimum Gasteiger partial charge on any atom is -0.381 e. The van der Waals surface area contributed by atoms with Gasteiger partial charge in [0.1, 0.15) is 12.4 Å². The number of guanidine groups is 1. The smallest absolute Gasteiger partial charge is 0.191 e. The summed E-state index contributed by atoms with van der Waals surface area (Å²) < 4.78 is 7.93. The van der Waals surface area contributed by atoms with Crippen LogP contribution < -0.4 is 10.6 Å². The Morgan fingerprint density at radius 1 is 1.24 bits per heavy atom. The van der Waals surface area contributed by atoms with E-state index in [2.05, 4.69) is 37.3 Å². The number of nitrogens with one attached hydrogen (secondary N) is 2. The van der Waals surface area contributed by atoms with Crippen LogP contribution >= 0.6 is 0 Å². The van der Waals surface area contributed by atoms with Crippen molar-refractivity contribution in [2.45, 2.75) is 65.0 Å². The van der Waals surface area contributed by atoms with E-state index in [-0.39, 0.29) is 0 Å². The Kier molecular flexibility index (Phi) is 7.09. The molecule has 1 aliphatic carbocycles. The molecule has 0 spiro atoms. The van der Waals surface area contributed by atoms with Gasteiger partial charge >= 0.3 is 0 Å². The Morgan fingerprint density at radius 2 is 2.16 bits per heavy atom. The van der Waals surface area contributed by atoms with Crippen LogP contribution in [0.4, 0.5) is 0 Å². The van der Waals surface area contributed by atoms with Crippen molar-refractivity contribution in [3.63, 3.8) is 0 Å². The molecule has 0 unspecified atom stereocenters. The Hall–Kier alpha value is -1.63. The van der Waals surface area contributed by atoms with Crippen LogP contribution in [0.2, 0.25) is 0 Å². The van der Waals surface area contributed by atoms with Gasteiger partial charge in [-0.15, -0.1) is 10.2 Å². The van der Waals surface area contributed by atoms with Crippen LogP contribution in [-0.4, -0.2) is 47.0 Å². The molecular formula is C18H32N6O. The second-order valence-electron chi connectivity index (χ2n) is 6.99. The predicted octanol–water partition coefficient (Wildman–Crippen LogP) is 1.88. The van der Waals surface area contributed by atoms with E-state index in [1.165, 1.54) is 32.1 Å². The van der Waals surface area contributed by atoms with Gasteiger partial charge in [0.2, 0.25) is 0 Å². The van der Waals surface area contributed by atoms with Gasteiger partial charge in [-0.05, 0) is 44.9 Å². The topological polar surface area (TPSA) is 76.4 Å². The van der Waals surface area contributed by atoms with Crippen LogP contribution in [0.5, 0.6) is 0 Å². The summed E-state index contributed by atoms with van der Waals surface area (Å²) in [7, 11) is 0. The van der Waals surface area contributed by atoms with E-state index in [4.69, 9.17) is 4.74 Å². The largest absolute Gasteiger partial charge is 0.381 e. The molecule has 2 N–H and O–H groups in total. The zero-order valence-electron chi connectivity index (χ0n) is 15.5. The molecule has 0 amide bonds. The van der Waals surface area contributed by atoms with Gasteiger partial charge in [-0.25, -0.2) is 4.99 Å². The molecule has 3 rings (SSSR count). The Balaban J connectivity index is 1.43. The van der Waals surface area contributed by atoms with Crippen molar-refractivity contribution in [1.82, 2.24) is 25.4 Å². The summed E-state index contributed by atoms with van der Waals surface area (Å²) in [4.78, 5) is 4.68. The molecule has 1 saturated carbocycles. The molecule has 1 fully saturated rings. The average Bonchev–Trinajstić information content (AvgIpc) is 3.41. The minimum absolute atomic E-state index is 0.570. The lowest BCUT2D eigenvalue weighted by molar-refractivity contribution is 0.123. The van der Waals surface area contributed by atoms with Gasteiger partial charge in [-0.2, -0.15) is 0 Å². The van der Waals surface area contributed by atoms with Gasteiger partial charge in [0.05, 0.1) is 0 Å². The summed E-state index contributed by atoms with van der Waals surface area (Å²) in [6, 6.07) is 0. The summed E-state index contributed by atoms with van der Waals surface area (Å²) in [5.74, 6) is 3.77. The third-order valence-electron chi connectivity index (χ3n) is 4.72. The quantitative estimate of drug-likeness (QED) is 0.405. The first-order chi connectivity index (χ1) is 12.4. The number of fused-ring (bicyclic) bond motifs is 1. The van der Waals surface area contributed by atoms with Crippen LogP contribution in [0, 0.1) is 5.92 Å². The van der Waals surface area contributed by atoms with Crippen molar-refractivity contribution in [2.24, 2.45) is 10.9 Å². The van der Waals surface area contributed by atoms with Crippen LogP contribution in [0.3, 0.4) is 0 Å². The van der Waals surface area contributed by atoms with Gasteiger partial charge < -0.3 is 19.9 Å². The van der Waals surface area contributed by atoms with Crippen molar-refractivity contribution in [3.8, 4) is 0 Å². The molecule has 0 atom stereocenters. The van der Waals surface area contributed by atoms with E-state index >= 15 is 0 Å². The third kappa shape index (κ3) is 5.99. The van der Waals surface area contributed by atoms with E-state index in [0.717, 1.165) is 69.2 Å². The highest BCUT2D eigenvalue weighted by Crippen LogP contribution is 2.28. The van der Waals surface area contributed by atoms with Gasteiger partial charge in [-0.1, -0.05) is 6.42 Å². The first kappa shape index (κ1) is 18.2. The maximum atomic E-state index is 5.67. The van der Waals surface area contributed by atoms with E-state index in [1.807, 2.05) is 0 Å². The van der Waals surface area contributed by atoms with Crippen molar-refractivity contribution in [1.29, 1.82) is 0 Å². The highest BCUT2D eigenvalue weighted by atomic mass is 16.5. The number of hydrogen-bond donors (Lipinski definition) is 2. The number of rotatable bonds is 9. The van der Waals surface area contributed by atoms with Crippen LogP contribution in [-0.2, 0) is 24.2 Å². The molecule has 1 aromatic rings. The first-order valence-electron chi connectivity index (χ1n) is 9.87. The zero-order chi connectivity index (χ0) is 17.3. The standard InChI is InChI=1S/C18H32N6O/c1-2-19-18(20-10-6-12-25-14-15-8-9-15)21-13-17-23-22-16-7-4-3-5-11-24(16)17/h15H,2-14H2,1H3,(H2,19,20,21). The number of aliphatic imine (C=N–C) groups is 1. The molecule has 2 heterocycles. The molecule has 2 aliphatic rings. The fourth-order valence-electron chi connectivity index (χ4n) is 3.07. The predicted molar refractivity (Wildman–Crippen MR) is 98.6 cm³/mol. The van der Waals surface area contributed by atoms with E-state index in [0.29, 0.717) is 6.54 Å². The van der Waals surface area contributed by atoms with Crippen molar-refractivity contribution < 1.29 is 4.74 Å². The second kappa shape index (κ2) is 9.75.